The number of hydrogen-bond acceptors (Lipinski definition) is 2. The van der Waals surface area contributed by atoms with Crippen LogP contribution in [0.2, 0.25) is 0 Å². The minimum atomic E-state index is 0.564. The maximum absolute atomic E-state index is 3.45. The van der Waals surface area contributed by atoms with Crippen molar-refractivity contribution in [2.75, 3.05) is 33.7 Å². The van der Waals surface area contributed by atoms with Gasteiger partial charge in [0.25, 0.3) is 0 Å². The molecule has 0 unspecified atom stereocenters. The first-order valence-corrected chi connectivity index (χ1v) is 6.42. The lowest BCUT2D eigenvalue weighted by Gasteiger charge is -2.43. The summed E-state index contributed by atoms with van der Waals surface area (Å²) in [6, 6.07) is 0. The summed E-state index contributed by atoms with van der Waals surface area (Å²) < 4.78 is 0. The van der Waals surface area contributed by atoms with Gasteiger partial charge in [-0.05, 0) is 51.4 Å². The molecule has 1 aliphatic heterocycles. The summed E-state index contributed by atoms with van der Waals surface area (Å²) >= 11 is 0. The highest BCUT2D eigenvalue weighted by Gasteiger charge is 2.35. The molecule has 0 aromatic heterocycles. The molecule has 1 aliphatic rings. The summed E-state index contributed by atoms with van der Waals surface area (Å²) in [5, 5.41) is 3.45. The summed E-state index contributed by atoms with van der Waals surface area (Å²) in [5.74, 6) is 0.803. The van der Waals surface area contributed by atoms with E-state index >= 15 is 0 Å². The van der Waals surface area contributed by atoms with E-state index < -0.39 is 0 Å². The van der Waals surface area contributed by atoms with Crippen molar-refractivity contribution in [1.29, 1.82) is 0 Å². The fourth-order valence-electron chi connectivity index (χ4n) is 2.47. The lowest BCUT2D eigenvalue weighted by Crippen LogP contribution is -2.46. The number of nitrogens with one attached hydrogen (secondary N) is 1. The average Bonchev–Trinajstić information content (AvgIpc) is 2.21. The molecule has 15 heavy (non-hydrogen) atoms. The maximum atomic E-state index is 3.45. The molecular formula is C13H30N2. The lowest BCUT2D eigenvalue weighted by atomic mass is 9.70. The van der Waals surface area contributed by atoms with Crippen LogP contribution in [-0.2, 0) is 0 Å². The molecule has 0 aliphatic carbocycles. The fraction of sp³-hybridized carbons (Fsp3) is 1.00. The first kappa shape index (κ1) is 14.9. The molecule has 0 aromatic rings. The van der Waals surface area contributed by atoms with E-state index in [9.17, 15) is 0 Å². The highest BCUT2D eigenvalue weighted by atomic mass is 15.1. The molecule has 0 atom stereocenters. The van der Waals surface area contributed by atoms with E-state index in [1.54, 1.807) is 0 Å². The Hall–Kier alpha value is -0.0800. The van der Waals surface area contributed by atoms with Crippen molar-refractivity contribution in [3.05, 3.63) is 0 Å². The smallest absolute Gasteiger partial charge is 0.00353 e. The van der Waals surface area contributed by atoms with E-state index in [1.807, 2.05) is 13.8 Å². The second-order valence-electron chi connectivity index (χ2n) is 5.00. The molecule has 92 valence electrons. The minimum absolute atomic E-state index is 0.564. The number of piperidine rings is 1. The molecule has 1 heterocycles. The average molecular weight is 214 g/mol. The van der Waals surface area contributed by atoms with Gasteiger partial charge in [-0.3, -0.25) is 0 Å². The summed E-state index contributed by atoms with van der Waals surface area (Å²) in [5.41, 5.74) is 0.564. The Labute approximate surface area is 96.4 Å². The van der Waals surface area contributed by atoms with Gasteiger partial charge in [0.15, 0.2) is 0 Å². The van der Waals surface area contributed by atoms with E-state index in [2.05, 4.69) is 38.2 Å². The quantitative estimate of drug-likeness (QED) is 0.777. The first-order valence-electron chi connectivity index (χ1n) is 6.42. The van der Waals surface area contributed by atoms with Crippen molar-refractivity contribution >= 4 is 0 Å². The topological polar surface area (TPSA) is 15.3 Å². The van der Waals surface area contributed by atoms with Crippen LogP contribution in [0.15, 0.2) is 0 Å². The molecule has 1 saturated heterocycles. The third-order valence-corrected chi connectivity index (χ3v) is 3.46. The largest absolute Gasteiger partial charge is 0.317 e. The maximum Gasteiger partial charge on any atom is 0.00353 e. The van der Waals surface area contributed by atoms with Crippen LogP contribution in [0.25, 0.3) is 0 Å². The Morgan fingerprint density at radius 2 is 1.60 bits per heavy atom. The standard InChI is InChI=1S/C11H24N2.C2H6/c1-10(2)11(9-13(3)4)5-7-12-8-6-11;1-2/h10,12H,5-9H2,1-4H3;1-2H3. The number of rotatable bonds is 3. The molecule has 0 radical (unpaired) electrons. The van der Waals surface area contributed by atoms with Crippen molar-refractivity contribution in [2.45, 2.75) is 40.5 Å². The third-order valence-electron chi connectivity index (χ3n) is 3.46. The van der Waals surface area contributed by atoms with E-state index in [0.717, 1.165) is 5.92 Å². The van der Waals surface area contributed by atoms with Gasteiger partial charge in [0, 0.05) is 6.54 Å². The molecular weight excluding hydrogens is 184 g/mol. The monoisotopic (exact) mass is 214 g/mol. The normalized spacial score (nSPS) is 20.0. The Kier molecular flexibility index (Phi) is 7.20. The van der Waals surface area contributed by atoms with Crippen LogP contribution >= 0.6 is 0 Å². The summed E-state index contributed by atoms with van der Waals surface area (Å²) in [4.78, 5) is 2.34. The van der Waals surface area contributed by atoms with Crippen LogP contribution in [0, 0.1) is 11.3 Å². The molecule has 1 N–H and O–H groups in total. The highest BCUT2D eigenvalue weighted by molar-refractivity contribution is 4.88. The van der Waals surface area contributed by atoms with Crippen molar-refractivity contribution in [3.63, 3.8) is 0 Å². The molecule has 0 saturated carbocycles. The van der Waals surface area contributed by atoms with Gasteiger partial charge in [-0.25, -0.2) is 0 Å². The predicted octanol–water partition coefficient (Wildman–Crippen LogP) is 2.60. The van der Waals surface area contributed by atoms with Crippen molar-refractivity contribution in [2.24, 2.45) is 11.3 Å². The Morgan fingerprint density at radius 3 is 1.93 bits per heavy atom. The predicted molar refractivity (Wildman–Crippen MR) is 69.3 cm³/mol. The number of nitrogens with zero attached hydrogens (tertiary/aromatic N) is 1. The van der Waals surface area contributed by atoms with Gasteiger partial charge in [-0.2, -0.15) is 0 Å². The van der Waals surface area contributed by atoms with Crippen LogP contribution < -0.4 is 5.32 Å². The Morgan fingerprint density at radius 1 is 1.13 bits per heavy atom. The molecule has 2 heteroatoms. The second-order valence-corrected chi connectivity index (χ2v) is 5.00. The fourth-order valence-corrected chi connectivity index (χ4v) is 2.47. The van der Waals surface area contributed by atoms with E-state index in [0.29, 0.717) is 5.41 Å². The Bertz CT molecular complexity index is 147. The van der Waals surface area contributed by atoms with Crippen molar-refractivity contribution < 1.29 is 0 Å². The van der Waals surface area contributed by atoms with Gasteiger partial charge >= 0.3 is 0 Å². The van der Waals surface area contributed by atoms with Gasteiger partial charge in [0.2, 0.25) is 0 Å². The molecule has 0 spiro atoms. The van der Waals surface area contributed by atoms with Crippen LogP contribution in [0.5, 0.6) is 0 Å². The SMILES string of the molecule is CC.CC(C)C1(CN(C)C)CCNCC1. The van der Waals surface area contributed by atoms with Crippen molar-refractivity contribution in [3.8, 4) is 0 Å². The lowest BCUT2D eigenvalue weighted by molar-refractivity contribution is 0.0869. The zero-order chi connectivity index (χ0) is 11.9. The van der Waals surface area contributed by atoms with Gasteiger partial charge in [0.1, 0.15) is 0 Å². The molecule has 1 fully saturated rings. The van der Waals surface area contributed by atoms with E-state index in [1.165, 1.54) is 32.5 Å². The molecule has 1 rings (SSSR count). The van der Waals surface area contributed by atoms with Gasteiger partial charge in [0.05, 0.1) is 0 Å². The van der Waals surface area contributed by atoms with Crippen LogP contribution in [0.1, 0.15) is 40.5 Å². The van der Waals surface area contributed by atoms with E-state index in [-0.39, 0.29) is 0 Å². The van der Waals surface area contributed by atoms with Crippen molar-refractivity contribution in [1.82, 2.24) is 10.2 Å². The summed E-state index contributed by atoms with van der Waals surface area (Å²) in [6.07, 6.45) is 2.67. The van der Waals surface area contributed by atoms with Gasteiger partial charge < -0.3 is 10.2 Å². The highest BCUT2D eigenvalue weighted by Crippen LogP contribution is 2.37. The summed E-state index contributed by atoms with van der Waals surface area (Å²) in [7, 11) is 4.37. The first-order chi connectivity index (χ1) is 7.07. The molecule has 0 bridgehead atoms. The van der Waals surface area contributed by atoms with Crippen LogP contribution in [-0.4, -0.2) is 38.6 Å². The second kappa shape index (κ2) is 7.24. The number of hydrogen-bond donors (Lipinski definition) is 1. The van der Waals surface area contributed by atoms with Crippen LogP contribution in [0.4, 0.5) is 0 Å². The van der Waals surface area contributed by atoms with Gasteiger partial charge in [-0.1, -0.05) is 27.7 Å². The minimum Gasteiger partial charge on any atom is -0.317 e. The molecule has 0 amide bonds. The summed E-state index contributed by atoms with van der Waals surface area (Å²) in [6.45, 7) is 12.4. The Balaban J connectivity index is 0.000000921. The van der Waals surface area contributed by atoms with E-state index in [4.69, 9.17) is 0 Å². The molecule has 2 nitrogen and oxygen atoms in total. The zero-order valence-electron chi connectivity index (χ0n) is 11.6. The van der Waals surface area contributed by atoms with Crippen LogP contribution in [0.3, 0.4) is 0 Å². The molecule has 0 aromatic carbocycles. The zero-order valence-corrected chi connectivity index (χ0v) is 11.6. The third kappa shape index (κ3) is 4.52. The van der Waals surface area contributed by atoms with Gasteiger partial charge in [-0.15, -0.1) is 0 Å².